The molecule has 1 N–H and O–H groups in total. The normalized spacial score (nSPS) is 11.6. The van der Waals surface area contributed by atoms with Crippen LogP contribution in [0.15, 0.2) is 24.3 Å². The molecule has 0 radical (unpaired) electrons. The molecule has 0 aliphatic rings. The van der Waals surface area contributed by atoms with E-state index in [0.717, 1.165) is 24.2 Å². The van der Waals surface area contributed by atoms with Crippen LogP contribution in [0, 0.1) is 0 Å². The lowest BCUT2D eigenvalue weighted by molar-refractivity contribution is -0.137. The van der Waals surface area contributed by atoms with Crippen LogP contribution in [0.2, 0.25) is 0 Å². The Morgan fingerprint density at radius 2 is 1.68 bits per heavy atom. The molecule has 124 valence electrons. The maximum Gasteiger partial charge on any atom is 0.416 e. The molecule has 0 saturated carbocycles. The van der Waals surface area contributed by atoms with E-state index in [1.165, 1.54) is 12.1 Å². The second-order valence-corrected chi connectivity index (χ2v) is 5.40. The van der Waals surface area contributed by atoms with E-state index in [2.05, 4.69) is 5.32 Å². The molecule has 0 aliphatic carbocycles. The molecule has 0 spiro atoms. The Hall–Kier alpha value is -1.76. The average Bonchev–Trinajstić information content (AvgIpc) is 2.44. The molecule has 1 rings (SSSR count). The highest BCUT2D eigenvalue weighted by Gasteiger charge is 2.29. The van der Waals surface area contributed by atoms with Gasteiger partial charge < -0.3 is 15.1 Å². The lowest BCUT2D eigenvalue weighted by atomic mass is 10.1. The predicted octanol–water partition coefficient (Wildman–Crippen LogP) is 2.45. The minimum Gasteiger partial charge on any atom is -0.338 e. The zero-order valence-corrected chi connectivity index (χ0v) is 13.1. The molecule has 0 atom stereocenters. The zero-order chi connectivity index (χ0) is 16.8. The number of alkyl halides is 3. The number of rotatable bonds is 6. The molecule has 0 unspecified atom stereocenters. The van der Waals surface area contributed by atoms with Crippen molar-refractivity contribution in [3.05, 3.63) is 35.4 Å². The molecule has 0 heterocycles. The van der Waals surface area contributed by atoms with E-state index < -0.39 is 11.7 Å². The van der Waals surface area contributed by atoms with E-state index in [1.807, 2.05) is 19.0 Å². The second-order valence-electron chi connectivity index (χ2n) is 5.40. The van der Waals surface area contributed by atoms with Gasteiger partial charge in [0.15, 0.2) is 0 Å². The Kier molecular flexibility index (Phi) is 6.67. The number of nitrogens with zero attached hydrogens (tertiary/aromatic N) is 2. The minimum atomic E-state index is -4.32. The van der Waals surface area contributed by atoms with Crippen molar-refractivity contribution in [2.45, 2.75) is 12.6 Å². The lowest BCUT2D eigenvalue weighted by Crippen LogP contribution is -2.41. The van der Waals surface area contributed by atoms with Crippen LogP contribution in [0.25, 0.3) is 0 Å². The van der Waals surface area contributed by atoms with Gasteiger partial charge in [-0.25, -0.2) is 4.79 Å². The first-order valence-corrected chi connectivity index (χ1v) is 7.00. The van der Waals surface area contributed by atoms with E-state index in [4.69, 9.17) is 0 Å². The van der Waals surface area contributed by atoms with Crippen molar-refractivity contribution in [3.8, 4) is 0 Å². The smallest absolute Gasteiger partial charge is 0.338 e. The van der Waals surface area contributed by atoms with Gasteiger partial charge in [-0.15, -0.1) is 0 Å². The molecule has 0 saturated heterocycles. The number of hydrogen-bond donors (Lipinski definition) is 1. The first-order valence-electron chi connectivity index (χ1n) is 7.00. The van der Waals surface area contributed by atoms with Gasteiger partial charge in [0, 0.05) is 26.7 Å². The number of halogens is 3. The summed E-state index contributed by atoms with van der Waals surface area (Å²) >= 11 is 0. The number of likely N-dealkylation sites (N-methyl/N-ethyl adjacent to an activating group) is 2. The molecule has 1 aromatic rings. The Morgan fingerprint density at radius 1 is 1.09 bits per heavy atom. The summed E-state index contributed by atoms with van der Waals surface area (Å²) in [5.74, 6) is 0. The topological polar surface area (TPSA) is 35.6 Å². The molecule has 0 aliphatic heterocycles. The number of carbonyl (C=O) groups is 1. The quantitative estimate of drug-likeness (QED) is 0.875. The standard InChI is InChI=1S/C15H22F3N3O/c1-20(2)10-11-21(3)14(22)19-9-8-12-4-6-13(7-5-12)15(16,17)18/h4-7H,8-11H2,1-3H3,(H,19,22). The van der Waals surface area contributed by atoms with Gasteiger partial charge in [-0.05, 0) is 38.2 Å². The summed E-state index contributed by atoms with van der Waals surface area (Å²) < 4.78 is 37.3. The molecular weight excluding hydrogens is 295 g/mol. The molecule has 22 heavy (non-hydrogen) atoms. The highest BCUT2D eigenvalue weighted by molar-refractivity contribution is 5.73. The van der Waals surface area contributed by atoms with Crippen LogP contribution >= 0.6 is 0 Å². The van der Waals surface area contributed by atoms with Gasteiger partial charge in [0.25, 0.3) is 0 Å². The molecule has 2 amide bonds. The molecule has 4 nitrogen and oxygen atoms in total. The van der Waals surface area contributed by atoms with E-state index in [-0.39, 0.29) is 6.03 Å². The molecule has 0 fully saturated rings. The monoisotopic (exact) mass is 317 g/mol. The number of carbonyl (C=O) groups excluding carboxylic acids is 1. The number of hydrogen-bond acceptors (Lipinski definition) is 2. The van der Waals surface area contributed by atoms with Crippen LogP contribution in [0.5, 0.6) is 0 Å². The zero-order valence-electron chi connectivity index (χ0n) is 13.1. The highest BCUT2D eigenvalue weighted by Crippen LogP contribution is 2.29. The van der Waals surface area contributed by atoms with Gasteiger partial charge in [-0.3, -0.25) is 0 Å². The fourth-order valence-corrected chi connectivity index (χ4v) is 1.76. The number of nitrogens with one attached hydrogen (secondary N) is 1. The fourth-order valence-electron chi connectivity index (χ4n) is 1.76. The first kappa shape index (κ1) is 18.3. The largest absolute Gasteiger partial charge is 0.416 e. The minimum absolute atomic E-state index is 0.186. The van der Waals surface area contributed by atoms with E-state index in [9.17, 15) is 18.0 Å². The summed E-state index contributed by atoms with van der Waals surface area (Å²) in [6.45, 7) is 1.76. The van der Waals surface area contributed by atoms with Crippen LogP contribution in [0.3, 0.4) is 0 Å². The maximum atomic E-state index is 12.4. The summed E-state index contributed by atoms with van der Waals surface area (Å²) in [5, 5.41) is 2.75. The van der Waals surface area contributed by atoms with Gasteiger partial charge >= 0.3 is 12.2 Å². The first-order chi connectivity index (χ1) is 10.2. The van der Waals surface area contributed by atoms with Crippen molar-refractivity contribution in [1.82, 2.24) is 15.1 Å². The van der Waals surface area contributed by atoms with Crippen LogP contribution in [-0.4, -0.2) is 56.6 Å². The molecule has 1 aromatic carbocycles. The van der Waals surface area contributed by atoms with E-state index >= 15 is 0 Å². The van der Waals surface area contributed by atoms with Gasteiger partial charge in [-0.2, -0.15) is 13.2 Å². The van der Waals surface area contributed by atoms with Crippen molar-refractivity contribution in [2.75, 3.05) is 40.8 Å². The summed E-state index contributed by atoms with van der Waals surface area (Å²) in [6, 6.07) is 4.80. The second kappa shape index (κ2) is 8.03. The van der Waals surface area contributed by atoms with Gasteiger partial charge in [0.05, 0.1) is 5.56 Å². The number of urea groups is 1. The fraction of sp³-hybridized carbons (Fsp3) is 0.533. The van der Waals surface area contributed by atoms with E-state index in [1.54, 1.807) is 11.9 Å². The Balaban J connectivity index is 2.36. The average molecular weight is 317 g/mol. The van der Waals surface area contributed by atoms with Crippen molar-refractivity contribution >= 4 is 6.03 Å². The molecule has 0 bridgehead atoms. The lowest BCUT2D eigenvalue weighted by Gasteiger charge is -2.20. The van der Waals surface area contributed by atoms with Gasteiger partial charge in [-0.1, -0.05) is 12.1 Å². The highest BCUT2D eigenvalue weighted by atomic mass is 19.4. The van der Waals surface area contributed by atoms with Crippen LogP contribution < -0.4 is 5.32 Å². The summed E-state index contributed by atoms with van der Waals surface area (Å²) in [7, 11) is 5.56. The summed E-state index contributed by atoms with van der Waals surface area (Å²) in [5.41, 5.74) is 0.0907. The number of amides is 2. The van der Waals surface area contributed by atoms with Crippen molar-refractivity contribution in [2.24, 2.45) is 0 Å². The molecular formula is C15H22F3N3O. The van der Waals surface area contributed by atoms with Crippen LogP contribution in [-0.2, 0) is 12.6 Å². The third-order valence-corrected chi connectivity index (χ3v) is 3.20. The van der Waals surface area contributed by atoms with Crippen molar-refractivity contribution in [1.29, 1.82) is 0 Å². The third-order valence-electron chi connectivity index (χ3n) is 3.20. The van der Waals surface area contributed by atoms with Crippen LogP contribution in [0.1, 0.15) is 11.1 Å². The SMILES string of the molecule is CN(C)CCN(C)C(=O)NCCc1ccc(C(F)(F)F)cc1. The molecule has 0 aromatic heterocycles. The number of benzene rings is 1. The Bertz CT molecular complexity index is 472. The van der Waals surface area contributed by atoms with Crippen LogP contribution in [0.4, 0.5) is 18.0 Å². The Labute approximate surface area is 128 Å². The summed E-state index contributed by atoms with van der Waals surface area (Å²) in [6.07, 6.45) is -3.83. The van der Waals surface area contributed by atoms with Crippen molar-refractivity contribution in [3.63, 3.8) is 0 Å². The molecule has 7 heteroatoms. The van der Waals surface area contributed by atoms with Gasteiger partial charge in [0.1, 0.15) is 0 Å². The third kappa shape index (κ3) is 6.34. The van der Waals surface area contributed by atoms with Gasteiger partial charge in [0.2, 0.25) is 0 Å². The van der Waals surface area contributed by atoms with E-state index in [0.29, 0.717) is 19.5 Å². The predicted molar refractivity (Wildman–Crippen MR) is 79.7 cm³/mol. The summed E-state index contributed by atoms with van der Waals surface area (Å²) in [4.78, 5) is 15.3. The Morgan fingerprint density at radius 3 is 2.18 bits per heavy atom. The van der Waals surface area contributed by atoms with Crippen molar-refractivity contribution < 1.29 is 18.0 Å². The maximum absolute atomic E-state index is 12.4.